The second-order valence-electron chi connectivity index (χ2n) is 5.21. The molecule has 1 heterocycles. The summed E-state index contributed by atoms with van der Waals surface area (Å²) >= 11 is 6.01. The SMILES string of the molecule is CCOc1ccc(Cl)cc1C(=O)CN1CCN(CC)CC1. The first-order chi connectivity index (χ1) is 10.1. The van der Waals surface area contributed by atoms with Crippen LogP contribution in [0.2, 0.25) is 5.02 Å². The smallest absolute Gasteiger partial charge is 0.180 e. The molecule has 1 aliphatic rings. The quantitative estimate of drug-likeness (QED) is 0.756. The molecule has 0 amide bonds. The molecule has 0 aliphatic carbocycles. The average molecular weight is 311 g/mol. The summed E-state index contributed by atoms with van der Waals surface area (Å²) in [5.74, 6) is 0.699. The van der Waals surface area contributed by atoms with E-state index in [4.69, 9.17) is 16.3 Å². The second-order valence-corrected chi connectivity index (χ2v) is 5.64. The Bertz CT molecular complexity index is 485. The number of ketones is 1. The highest BCUT2D eigenvalue weighted by Gasteiger charge is 2.20. The van der Waals surface area contributed by atoms with E-state index in [2.05, 4.69) is 16.7 Å². The Labute approximate surface area is 131 Å². The fourth-order valence-corrected chi connectivity index (χ4v) is 2.73. The number of halogens is 1. The van der Waals surface area contributed by atoms with E-state index in [0.717, 1.165) is 32.7 Å². The van der Waals surface area contributed by atoms with Crippen molar-refractivity contribution in [1.29, 1.82) is 0 Å². The number of piperazine rings is 1. The molecule has 0 unspecified atom stereocenters. The maximum Gasteiger partial charge on any atom is 0.180 e. The zero-order valence-corrected chi connectivity index (χ0v) is 13.5. The van der Waals surface area contributed by atoms with E-state index in [9.17, 15) is 4.79 Å². The van der Waals surface area contributed by atoms with E-state index in [-0.39, 0.29) is 5.78 Å². The molecule has 1 fully saturated rings. The molecule has 1 aromatic carbocycles. The normalized spacial score (nSPS) is 16.9. The fourth-order valence-electron chi connectivity index (χ4n) is 2.55. The predicted octanol–water partition coefficient (Wildman–Crippen LogP) is 2.56. The molecule has 0 atom stereocenters. The number of hydrogen-bond acceptors (Lipinski definition) is 4. The number of likely N-dealkylation sites (N-methyl/N-ethyl adjacent to an activating group) is 1. The van der Waals surface area contributed by atoms with Crippen LogP contribution in [0, 0.1) is 0 Å². The van der Waals surface area contributed by atoms with Gasteiger partial charge >= 0.3 is 0 Å². The van der Waals surface area contributed by atoms with Gasteiger partial charge in [-0.1, -0.05) is 18.5 Å². The molecule has 0 bridgehead atoms. The Morgan fingerprint density at radius 1 is 1.19 bits per heavy atom. The standard InChI is InChI=1S/C16H23ClN2O2/c1-3-18-7-9-19(10-8-18)12-15(20)14-11-13(17)5-6-16(14)21-4-2/h5-6,11H,3-4,7-10,12H2,1-2H3. The van der Waals surface area contributed by atoms with Crippen LogP contribution in [-0.4, -0.2) is 61.5 Å². The predicted molar refractivity (Wildman–Crippen MR) is 85.5 cm³/mol. The lowest BCUT2D eigenvalue weighted by Crippen LogP contribution is -2.47. The van der Waals surface area contributed by atoms with Crippen LogP contribution >= 0.6 is 11.6 Å². The molecule has 21 heavy (non-hydrogen) atoms. The van der Waals surface area contributed by atoms with Crippen LogP contribution in [0.4, 0.5) is 0 Å². The number of rotatable bonds is 6. The number of carbonyl (C=O) groups is 1. The average Bonchev–Trinajstić information content (AvgIpc) is 2.50. The topological polar surface area (TPSA) is 32.8 Å². The van der Waals surface area contributed by atoms with E-state index >= 15 is 0 Å². The van der Waals surface area contributed by atoms with E-state index in [1.54, 1.807) is 18.2 Å². The van der Waals surface area contributed by atoms with Gasteiger partial charge in [-0.3, -0.25) is 9.69 Å². The molecule has 5 heteroatoms. The van der Waals surface area contributed by atoms with Crippen molar-refractivity contribution in [3.05, 3.63) is 28.8 Å². The molecule has 0 aromatic heterocycles. The highest BCUT2D eigenvalue weighted by molar-refractivity contribution is 6.31. The van der Waals surface area contributed by atoms with Crippen molar-refractivity contribution >= 4 is 17.4 Å². The molecule has 1 aliphatic heterocycles. The lowest BCUT2D eigenvalue weighted by atomic mass is 10.1. The molecule has 4 nitrogen and oxygen atoms in total. The van der Waals surface area contributed by atoms with Crippen LogP contribution in [-0.2, 0) is 0 Å². The van der Waals surface area contributed by atoms with Crippen molar-refractivity contribution in [2.75, 3.05) is 45.9 Å². The number of benzene rings is 1. The molecule has 2 rings (SSSR count). The molecule has 0 saturated carbocycles. The summed E-state index contributed by atoms with van der Waals surface area (Å²) in [7, 11) is 0. The van der Waals surface area contributed by atoms with Gasteiger partial charge in [0.15, 0.2) is 5.78 Å². The van der Waals surface area contributed by atoms with Crippen molar-refractivity contribution in [1.82, 2.24) is 9.80 Å². The lowest BCUT2D eigenvalue weighted by molar-refractivity contribution is 0.0855. The highest BCUT2D eigenvalue weighted by Crippen LogP contribution is 2.24. The molecule has 0 radical (unpaired) electrons. The number of Topliss-reactive ketones (excluding diaryl/α,β-unsaturated/α-hetero) is 1. The van der Waals surface area contributed by atoms with Gasteiger partial charge in [-0.05, 0) is 31.7 Å². The van der Waals surface area contributed by atoms with Gasteiger partial charge < -0.3 is 9.64 Å². The van der Waals surface area contributed by atoms with Crippen LogP contribution in [0.25, 0.3) is 0 Å². The first-order valence-corrected chi connectivity index (χ1v) is 7.92. The minimum absolute atomic E-state index is 0.0749. The third-order valence-corrected chi connectivity index (χ3v) is 4.06. The third-order valence-electron chi connectivity index (χ3n) is 3.82. The van der Waals surface area contributed by atoms with Gasteiger partial charge in [-0.15, -0.1) is 0 Å². The van der Waals surface area contributed by atoms with Gasteiger partial charge in [0.05, 0.1) is 18.7 Å². The Kier molecular flexibility index (Phi) is 6.03. The van der Waals surface area contributed by atoms with Crippen LogP contribution in [0.15, 0.2) is 18.2 Å². The first-order valence-electron chi connectivity index (χ1n) is 7.54. The van der Waals surface area contributed by atoms with Gasteiger partial charge in [0.2, 0.25) is 0 Å². The van der Waals surface area contributed by atoms with Crippen molar-refractivity contribution in [2.24, 2.45) is 0 Å². The van der Waals surface area contributed by atoms with Gasteiger partial charge in [0.1, 0.15) is 5.75 Å². The first kappa shape index (κ1) is 16.3. The summed E-state index contributed by atoms with van der Waals surface area (Å²) in [6, 6.07) is 5.23. The zero-order chi connectivity index (χ0) is 15.2. The molecule has 1 saturated heterocycles. The molecular weight excluding hydrogens is 288 g/mol. The number of carbonyl (C=O) groups excluding carboxylic acids is 1. The summed E-state index contributed by atoms with van der Waals surface area (Å²) in [6.07, 6.45) is 0. The monoisotopic (exact) mass is 310 g/mol. The maximum absolute atomic E-state index is 12.5. The van der Waals surface area contributed by atoms with Crippen molar-refractivity contribution in [2.45, 2.75) is 13.8 Å². The summed E-state index contributed by atoms with van der Waals surface area (Å²) in [6.45, 7) is 10.0. The van der Waals surface area contributed by atoms with Crippen molar-refractivity contribution in [3.63, 3.8) is 0 Å². The summed E-state index contributed by atoms with van der Waals surface area (Å²) in [5.41, 5.74) is 0.585. The van der Waals surface area contributed by atoms with Crippen LogP contribution in [0.5, 0.6) is 5.75 Å². The molecular formula is C16H23ClN2O2. The lowest BCUT2D eigenvalue weighted by Gasteiger charge is -2.33. The number of hydrogen-bond donors (Lipinski definition) is 0. The second kappa shape index (κ2) is 7.78. The summed E-state index contributed by atoms with van der Waals surface area (Å²) < 4.78 is 5.53. The summed E-state index contributed by atoms with van der Waals surface area (Å²) in [5, 5.41) is 0.567. The van der Waals surface area contributed by atoms with Crippen LogP contribution in [0.1, 0.15) is 24.2 Å². The van der Waals surface area contributed by atoms with E-state index < -0.39 is 0 Å². The van der Waals surface area contributed by atoms with Crippen molar-refractivity contribution < 1.29 is 9.53 Å². The van der Waals surface area contributed by atoms with Gasteiger partial charge in [-0.2, -0.15) is 0 Å². The molecule has 0 N–H and O–H groups in total. The van der Waals surface area contributed by atoms with E-state index in [1.807, 2.05) is 6.92 Å². The van der Waals surface area contributed by atoms with Gasteiger partial charge in [0.25, 0.3) is 0 Å². The Hall–Kier alpha value is -1.10. The van der Waals surface area contributed by atoms with Gasteiger partial charge in [-0.25, -0.2) is 0 Å². The largest absolute Gasteiger partial charge is 0.493 e. The fraction of sp³-hybridized carbons (Fsp3) is 0.562. The van der Waals surface area contributed by atoms with Crippen LogP contribution in [0.3, 0.4) is 0 Å². The van der Waals surface area contributed by atoms with E-state index in [0.29, 0.717) is 29.5 Å². The highest BCUT2D eigenvalue weighted by atomic mass is 35.5. The minimum Gasteiger partial charge on any atom is -0.493 e. The van der Waals surface area contributed by atoms with Gasteiger partial charge in [0, 0.05) is 31.2 Å². The molecule has 116 valence electrons. The molecule has 0 spiro atoms. The Balaban J connectivity index is 2.01. The Morgan fingerprint density at radius 3 is 2.48 bits per heavy atom. The Morgan fingerprint density at radius 2 is 1.86 bits per heavy atom. The van der Waals surface area contributed by atoms with Crippen molar-refractivity contribution in [3.8, 4) is 5.75 Å². The number of ether oxygens (including phenoxy) is 1. The van der Waals surface area contributed by atoms with E-state index in [1.165, 1.54) is 0 Å². The number of nitrogens with zero attached hydrogens (tertiary/aromatic N) is 2. The maximum atomic E-state index is 12.5. The third kappa shape index (κ3) is 4.43. The minimum atomic E-state index is 0.0749. The zero-order valence-electron chi connectivity index (χ0n) is 12.8. The van der Waals surface area contributed by atoms with Crippen LogP contribution < -0.4 is 4.74 Å². The summed E-state index contributed by atoms with van der Waals surface area (Å²) in [4.78, 5) is 17.1. The molecule has 1 aromatic rings.